The molecule has 1 aliphatic heterocycles. The summed E-state index contributed by atoms with van der Waals surface area (Å²) in [7, 11) is 6.58. The van der Waals surface area contributed by atoms with Gasteiger partial charge < -0.3 is 33.9 Å². The van der Waals surface area contributed by atoms with E-state index in [1.165, 1.54) is 11.1 Å². The summed E-state index contributed by atoms with van der Waals surface area (Å²) >= 11 is 0. The van der Waals surface area contributed by atoms with Gasteiger partial charge in [0.05, 0.1) is 34.9 Å². The highest BCUT2D eigenvalue weighted by atomic mass is 16.5. The molecule has 1 unspecified atom stereocenters. The molecule has 3 aromatic rings. The topological polar surface area (TPSA) is 141 Å². The molecule has 0 aromatic heterocycles. The molecule has 3 aromatic carbocycles. The maximum atomic E-state index is 12.6. The van der Waals surface area contributed by atoms with Gasteiger partial charge in [0.2, 0.25) is 0 Å². The maximum absolute atomic E-state index is 12.6. The normalized spacial score (nSPS) is 13.9. The van der Waals surface area contributed by atoms with Crippen LogP contribution in [0.4, 0.5) is 0 Å². The molecule has 230 valence electrons. The number of hydrogen-bond acceptors (Lipinski definition) is 9. The van der Waals surface area contributed by atoms with Gasteiger partial charge in [-0.2, -0.15) is 0 Å². The number of methoxy groups -OCH3 is 4. The van der Waals surface area contributed by atoms with Crippen LogP contribution in [-0.4, -0.2) is 74.5 Å². The van der Waals surface area contributed by atoms with E-state index < -0.39 is 11.9 Å². The number of fused-ring (bicyclic) bond motifs is 1. The monoisotopic (exact) mass is 595 g/mol. The average Bonchev–Trinajstić information content (AvgIpc) is 3.03. The standard InChI is InChI=1S/C30H35NO6.C2H2O4/c1-33-26-11-10-22(17-27(26)34-2)16-25-24-19-29(36-4)28(35-3)18-23(24)12-14-31(25)15-13-30(32)37-20-21-8-6-5-7-9-21;3-1(4)2(5)6/h5-11,17-19,25H,12-16,20H2,1-4H3;(H,3,4)(H,5,6). The minimum Gasteiger partial charge on any atom is -0.493 e. The summed E-state index contributed by atoms with van der Waals surface area (Å²) in [6.07, 6.45) is 1.91. The number of aliphatic carboxylic acids is 2. The summed E-state index contributed by atoms with van der Waals surface area (Å²) in [5.41, 5.74) is 4.50. The number of benzene rings is 3. The van der Waals surface area contributed by atoms with E-state index in [0.29, 0.717) is 30.2 Å². The summed E-state index contributed by atoms with van der Waals surface area (Å²) in [6.45, 7) is 1.71. The quantitative estimate of drug-likeness (QED) is 0.244. The fourth-order valence-corrected chi connectivity index (χ4v) is 4.86. The Morgan fingerprint density at radius 2 is 1.37 bits per heavy atom. The molecule has 0 saturated carbocycles. The molecule has 0 amide bonds. The molecule has 0 spiro atoms. The van der Waals surface area contributed by atoms with Crippen molar-refractivity contribution in [3.05, 3.63) is 82.9 Å². The zero-order valence-electron chi connectivity index (χ0n) is 24.7. The number of carbonyl (C=O) groups is 3. The van der Waals surface area contributed by atoms with Gasteiger partial charge in [-0.1, -0.05) is 36.4 Å². The second-order valence-electron chi connectivity index (χ2n) is 9.61. The zero-order valence-corrected chi connectivity index (χ0v) is 24.7. The highest BCUT2D eigenvalue weighted by molar-refractivity contribution is 6.27. The van der Waals surface area contributed by atoms with Crippen LogP contribution in [0.15, 0.2) is 60.7 Å². The lowest BCUT2D eigenvalue weighted by atomic mass is 9.88. The number of carboxylic acids is 2. The number of nitrogens with zero attached hydrogens (tertiary/aromatic N) is 1. The van der Waals surface area contributed by atoms with Crippen molar-refractivity contribution in [3.63, 3.8) is 0 Å². The molecule has 0 aliphatic carbocycles. The number of hydrogen-bond donors (Lipinski definition) is 2. The van der Waals surface area contributed by atoms with E-state index in [4.69, 9.17) is 43.5 Å². The Bertz CT molecular complexity index is 1380. The van der Waals surface area contributed by atoms with Crippen molar-refractivity contribution in [1.29, 1.82) is 0 Å². The summed E-state index contributed by atoms with van der Waals surface area (Å²) in [5.74, 6) is -1.04. The lowest BCUT2D eigenvalue weighted by Crippen LogP contribution is -2.38. The molecule has 11 nitrogen and oxygen atoms in total. The van der Waals surface area contributed by atoms with E-state index >= 15 is 0 Å². The summed E-state index contributed by atoms with van der Waals surface area (Å²) < 4.78 is 27.7. The average molecular weight is 596 g/mol. The van der Waals surface area contributed by atoms with Gasteiger partial charge in [-0.05, 0) is 59.4 Å². The van der Waals surface area contributed by atoms with Gasteiger partial charge in [-0.15, -0.1) is 0 Å². The van der Waals surface area contributed by atoms with Crippen molar-refractivity contribution in [2.75, 3.05) is 41.5 Å². The molecule has 1 atom stereocenters. The van der Waals surface area contributed by atoms with E-state index in [1.54, 1.807) is 28.4 Å². The fourth-order valence-electron chi connectivity index (χ4n) is 4.86. The third-order valence-electron chi connectivity index (χ3n) is 7.02. The highest BCUT2D eigenvalue weighted by Gasteiger charge is 2.30. The molecule has 4 rings (SSSR count). The predicted molar refractivity (Wildman–Crippen MR) is 157 cm³/mol. The first-order valence-electron chi connectivity index (χ1n) is 13.6. The first-order valence-corrected chi connectivity index (χ1v) is 13.6. The fraction of sp³-hybridized carbons (Fsp3) is 0.344. The third kappa shape index (κ3) is 9.11. The number of rotatable bonds is 11. The Balaban J connectivity index is 0.000000765. The Hall–Kier alpha value is -4.77. The van der Waals surface area contributed by atoms with Crippen LogP contribution < -0.4 is 18.9 Å². The number of esters is 1. The zero-order chi connectivity index (χ0) is 31.4. The van der Waals surface area contributed by atoms with Crippen molar-refractivity contribution >= 4 is 17.9 Å². The lowest BCUT2D eigenvalue weighted by molar-refractivity contribution is -0.159. The molecule has 2 N–H and O–H groups in total. The minimum absolute atomic E-state index is 0.0450. The first kappa shape index (κ1) is 32.7. The number of carbonyl (C=O) groups excluding carboxylic acids is 1. The van der Waals surface area contributed by atoms with Gasteiger partial charge in [0, 0.05) is 19.1 Å². The maximum Gasteiger partial charge on any atom is 0.414 e. The van der Waals surface area contributed by atoms with Crippen molar-refractivity contribution in [2.45, 2.75) is 31.9 Å². The van der Waals surface area contributed by atoms with Crippen molar-refractivity contribution in [2.24, 2.45) is 0 Å². The first-order chi connectivity index (χ1) is 20.7. The Morgan fingerprint density at radius 1 is 0.767 bits per heavy atom. The van der Waals surface area contributed by atoms with Gasteiger partial charge >= 0.3 is 17.9 Å². The van der Waals surface area contributed by atoms with Crippen LogP contribution in [0.5, 0.6) is 23.0 Å². The predicted octanol–water partition coefficient (Wildman–Crippen LogP) is 4.15. The highest BCUT2D eigenvalue weighted by Crippen LogP contribution is 2.40. The van der Waals surface area contributed by atoms with E-state index in [9.17, 15) is 4.79 Å². The number of ether oxygens (including phenoxy) is 5. The van der Waals surface area contributed by atoms with E-state index in [-0.39, 0.29) is 18.6 Å². The molecular formula is C32H37NO10. The Morgan fingerprint density at radius 3 is 1.98 bits per heavy atom. The van der Waals surface area contributed by atoms with E-state index in [2.05, 4.69) is 23.1 Å². The summed E-state index contributed by atoms with van der Waals surface area (Å²) in [4.78, 5) is 33.1. The van der Waals surface area contributed by atoms with Crippen LogP contribution in [0.25, 0.3) is 0 Å². The molecule has 43 heavy (non-hydrogen) atoms. The molecule has 11 heteroatoms. The van der Waals surface area contributed by atoms with Gasteiger partial charge in [0.1, 0.15) is 6.61 Å². The Labute approximate surface area is 250 Å². The molecule has 1 heterocycles. The van der Waals surface area contributed by atoms with E-state index in [1.807, 2.05) is 42.5 Å². The van der Waals surface area contributed by atoms with Crippen LogP contribution in [0.1, 0.15) is 34.7 Å². The number of carboxylic acid groups (broad SMARTS) is 2. The van der Waals surface area contributed by atoms with Crippen LogP contribution >= 0.6 is 0 Å². The molecule has 0 bridgehead atoms. The van der Waals surface area contributed by atoms with E-state index in [0.717, 1.165) is 36.3 Å². The van der Waals surface area contributed by atoms with Crippen molar-refractivity contribution in [1.82, 2.24) is 4.90 Å². The summed E-state index contributed by atoms with van der Waals surface area (Å²) in [6, 6.07) is 19.9. The van der Waals surface area contributed by atoms with Gasteiger partial charge in [0.25, 0.3) is 0 Å². The Kier molecular flexibility index (Phi) is 12.2. The molecule has 1 aliphatic rings. The van der Waals surface area contributed by atoms with Crippen LogP contribution in [0.3, 0.4) is 0 Å². The second-order valence-corrected chi connectivity index (χ2v) is 9.61. The minimum atomic E-state index is -1.82. The molecule has 0 radical (unpaired) electrons. The SMILES string of the molecule is COc1ccc(CC2c3cc(OC)c(OC)cc3CCN2CCC(=O)OCc2ccccc2)cc1OC.O=C(O)C(=O)O. The molecule has 0 fully saturated rings. The molecular weight excluding hydrogens is 558 g/mol. The summed E-state index contributed by atoms with van der Waals surface area (Å²) in [5, 5.41) is 14.8. The van der Waals surface area contributed by atoms with Crippen molar-refractivity contribution < 1.29 is 48.3 Å². The smallest absolute Gasteiger partial charge is 0.414 e. The molecule has 0 saturated heterocycles. The van der Waals surface area contributed by atoms with Gasteiger partial charge in [-0.3, -0.25) is 9.69 Å². The van der Waals surface area contributed by atoms with Crippen LogP contribution in [-0.2, 0) is 38.6 Å². The van der Waals surface area contributed by atoms with Crippen LogP contribution in [0.2, 0.25) is 0 Å². The van der Waals surface area contributed by atoms with Crippen molar-refractivity contribution in [3.8, 4) is 23.0 Å². The second kappa shape index (κ2) is 16.0. The third-order valence-corrected chi connectivity index (χ3v) is 7.02. The largest absolute Gasteiger partial charge is 0.493 e. The van der Waals surface area contributed by atoms with Gasteiger partial charge in [0.15, 0.2) is 23.0 Å². The van der Waals surface area contributed by atoms with Crippen LogP contribution in [0, 0.1) is 0 Å². The van der Waals surface area contributed by atoms with Gasteiger partial charge in [-0.25, -0.2) is 9.59 Å². The lowest BCUT2D eigenvalue weighted by Gasteiger charge is -2.38.